The third kappa shape index (κ3) is 1.68. The molecule has 1 aliphatic carbocycles. The smallest absolute Gasteiger partial charge is 0.126 e. The van der Waals surface area contributed by atoms with Crippen molar-refractivity contribution in [2.45, 2.75) is 39.0 Å². The molecule has 14 heavy (non-hydrogen) atoms. The number of halogens is 1. The van der Waals surface area contributed by atoms with Crippen molar-refractivity contribution in [3.05, 3.63) is 35.1 Å². The average Bonchev–Trinajstić information content (AvgIpc) is 2.51. The molecule has 0 aliphatic heterocycles. The van der Waals surface area contributed by atoms with Crippen LogP contribution >= 0.6 is 0 Å². The summed E-state index contributed by atoms with van der Waals surface area (Å²) in [5.41, 5.74) is 2.08. The van der Waals surface area contributed by atoms with Crippen molar-refractivity contribution in [2.75, 3.05) is 0 Å². The Hall–Kier alpha value is -0.850. The lowest BCUT2D eigenvalue weighted by molar-refractivity contribution is 0.559. The third-order valence-electron chi connectivity index (χ3n) is 3.37. The molecule has 1 fully saturated rings. The summed E-state index contributed by atoms with van der Waals surface area (Å²) in [5.74, 6) is 1.22. The average molecular weight is 192 g/mol. The largest absolute Gasteiger partial charge is 0.207 e. The zero-order valence-corrected chi connectivity index (χ0v) is 8.89. The van der Waals surface area contributed by atoms with Gasteiger partial charge in [0, 0.05) is 0 Å². The van der Waals surface area contributed by atoms with Gasteiger partial charge < -0.3 is 0 Å². The Labute approximate surface area is 85.1 Å². The molecule has 1 aromatic carbocycles. The first-order valence-electron chi connectivity index (χ1n) is 5.43. The van der Waals surface area contributed by atoms with Crippen molar-refractivity contribution in [2.24, 2.45) is 5.92 Å². The van der Waals surface area contributed by atoms with E-state index < -0.39 is 0 Å². The fraction of sp³-hybridized carbons (Fsp3) is 0.538. The molecule has 0 radical (unpaired) electrons. The van der Waals surface area contributed by atoms with Gasteiger partial charge in [-0.2, -0.15) is 0 Å². The van der Waals surface area contributed by atoms with E-state index in [1.54, 1.807) is 12.1 Å². The summed E-state index contributed by atoms with van der Waals surface area (Å²) in [6, 6.07) is 5.40. The van der Waals surface area contributed by atoms with Gasteiger partial charge in [-0.15, -0.1) is 0 Å². The van der Waals surface area contributed by atoms with Crippen LogP contribution in [-0.4, -0.2) is 0 Å². The van der Waals surface area contributed by atoms with Crippen LogP contribution < -0.4 is 0 Å². The molecule has 1 saturated carbocycles. The highest BCUT2D eigenvalue weighted by Crippen LogP contribution is 2.40. The highest BCUT2D eigenvalue weighted by molar-refractivity contribution is 5.31. The van der Waals surface area contributed by atoms with Crippen molar-refractivity contribution >= 4 is 0 Å². The zero-order valence-electron chi connectivity index (χ0n) is 8.89. The van der Waals surface area contributed by atoms with Crippen molar-refractivity contribution in [1.29, 1.82) is 0 Å². The summed E-state index contributed by atoms with van der Waals surface area (Å²) in [5, 5.41) is 0. The molecule has 0 saturated heterocycles. The van der Waals surface area contributed by atoms with Gasteiger partial charge in [0.05, 0.1) is 0 Å². The monoisotopic (exact) mass is 192 g/mol. The molecule has 0 nitrogen and oxygen atoms in total. The lowest BCUT2D eigenvalue weighted by Crippen LogP contribution is -2.00. The second-order valence-electron chi connectivity index (χ2n) is 4.59. The number of benzene rings is 1. The van der Waals surface area contributed by atoms with Crippen LogP contribution in [0.5, 0.6) is 0 Å². The molecule has 0 aromatic heterocycles. The molecule has 2 rings (SSSR count). The molecule has 1 heteroatoms. The minimum Gasteiger partial charge on any atom is -0.207 e. The number of aryl methyl sites for hydroxylation is 1. The minimum atomic E-state index is -0.0101. The molecule has 1 aromatic rings. The number of hydrogen-bond acceptors (Lipinski definition) is 0. The molecule has 0 unspecified atom stereocenters. The van der Waals surface area contributed by atoms with Crippen LogP contribution in [0.25, 0.3) is 0 Å². The molecular formula is C13H17F. The quantitative estimate of drug-likeness (QED) is 0.630. The van der Waals surface area contributed by atoms with Crippen molar-refractivity contribution < 1.29 is 4.39 Å². The molecule has 1 aliphatic rings. The molecule has 0 amide bonds. The van der Waals surface area contributed by atoms with E-state index in [0.717, 1.165) is 29.9 Å². The van der Waals surface area contributed by atoms with Crippen LogP contribution in [-0.2, 0) is 0 Å². The highest BCUT2D eigenvalue weighted by atomic mass is 19.1. The van der Waals surface area contributed by atoms with E-state index in [2.05, 4.69) is 6.92 Å². The number of rotatable bonds is 1. The maximum absolute atomic E-state index is 13.6. The zero-order chi connectivity index (χ0) is 10.1. The summed E-state index contributed by atoms with van der Waals surface area (Å²) in [4.78, 5) is 0. The van der Waals surface area contributed by atoms with E-state index in [4.69, 9.17) is 0 Å². The lowest BCUT2D eigenvalue weighted by atomic mass is 9.92. The van der Waals surface area contributed by atoms with E-state index >= 15 is 0 Å². The Kier molecular flexibility index (Phi) is 2.58. The van der Waals surface area contributed by atoms with Gasteiger partial charge in [0.1, 0.15) is 5.82 Å². The second kappa shape index (κ2) is 3.72. The first-order valence-corrected chi connectivity index (χ1v) is 5.43. The highest BCUT2D eigenvalue weighted by Gasteiger charge is 2.25. The normalized spacial score (nSPS) is 26.8. The summed E-state index contributed by atoms with van der Waals surface area (Å²) in [6.45, 7) is 4.28. The fourth-order valence-corrected chi connectivity index (χ4v) is 2.63. The van der Waals surface area contributed by atoms with Gasteiger partial charge in [-0.05, 0) is 48.8 Å². The van der Waals surface area contributed by atoms with Crippen LogP contribution in [0.15, 0.2) is 18.2 Å². The van der Waals surface area contributed by atoms with Gasteiger partial charge in [0.25, 0.3) is 0 Å². The van der Waals surface area contributed by atoms with Crippen molar-refractivity contribution in [3.8, 4) is 0 Å². The van der Waals surface area contributed by atoms with Gasteiger partial charge in [-0.3, -0.25) is 0 Å². The van der Waals surface area contributed by atoms with Crippen LogP contribution in [0.1, 0.15) is 43.2 Å². The van der Waals surface area contributed by atoms with E-state index in [1.165, 1.54) is 6.42 Å². The maximum Gasteiger partial charge on any atom is 0.126 e. The summed E-state index contributed by atoms with van der Waals surface area (Å²) >= 11 is 0. The van der Waals surface area contributed by atoms with E-state index in [9.17, 15) is 4.39 Å². The Morgan fingerprint density at radius 1 is 1.29 bits per heavy atom. The summed E-state index contributed by atoms with van der Waals surface area (Å²) < 4.78 is 13.6. The summed E-state index contributed by atoms with van der Waals surface area (Å²) in [6.07, 6.45) is 3.56. The minimum absolute atomic E-state index is 0.0101. The van der Waals surface area contributed by atoms with Gasteiger partial charge in [-0.1, -0.05) is 25.5 Å². The standard InChI is InChI=1S/C13H17F/c1-9-6-7-11(8-9)13-10(2)4-3-5-12(13)14/h3-5,9,11H,6-8H2,1-2H3/t9-,11-/m1/s1. The van der Waals surface area contributed by atoms with Crippen LogP contribution in [0.4, 0.5) is 4.39 Å². The van der Waals surface area contributed by atoms with Crippen LogP contribution in [0, 0.1) is 18.7 Å². The molecule has 0 bridgehead atoms. The second-order valence-corrected chi connectivity index (χ2v) is 4.59. The lowest BCUT2D eigenvalue weighted by Gasteiger charge is -2.14. The molecule has 0 spiro atoms. The van der Waals surface area contributed by atoms with Crippen molar-refractivity contribution in [3.63, 3.8) is 0 Å². The Morgan fingerprint density at radius 2 is 2.07 bits per heavy atom. The molecule has 76 valence electrons. The summed E-state index contributed by atoms with van der Waals surface area (Å²) in [7, 11) is 0. The van der Waals surface area contributed by atoms with Gasteiger partial charge in [0.15, 0.2) is 0 Å². The molecular weight excluding hydrogens is 175 g/mol. The first-order chi connectivity index (χ1) is 6.68. The van der Waals surface area contributed by atoms with Gasteiger partial charge in [-0.25, -0.2) is 4.39 Å². The maximum atomic E-state index is 13.6. The van der Waals surface area contributed by atoms with Gasteiger partial charge in [0.2, 0.25) is 0 Å². The van der Waals surface area contributed by atoms with Crippen LogP contribution in [0.2, 0.25) is 0 Å². The molecule has 0 N–H and O–H groups in total. The van der Waals surface area contributed by atoms with Crippen LogP contribution in [0.3, 0.4) is 0 Å². The topological polar surface area (TPSA) is 0 Å². The Bertz CT molecular complexity index is 310. The molecule has 0 heterocycles. The van der Waals surface area contributed by atoms with E-state index in [1.807, 2.05) is 13.0 Å². The van der Waals surface area contributed by atoms with Crippen molar-refractivity contribution in [1.82, 2.24) is 0 Å². The predicted molar refractivity (Wildman–Crippen MR) is 56.9 cm³/mol. The Balaban J connectivity index is 2.31. The van der Waals surface area contributed by atoms with Gasteiger partial charge >= 0.3 is 0 Å². The van der Waals surface area contributed by atoms with E-state index in [-0.39, 0.29) is 5.82 Å². The first kappa shape index (κ1) is 9.70. The van der Waals surface area contributed by atoms with E-state index in [0.29, 0.717) is 5.92 Å². The third-order valence-corrected chi connectivity index (χ3v) is 3.37. The fourth-order valence-electron chi connectivity index (χ4n) is 2.63. The SMILES string of the molecule is Cc1cccc(F)c1[C@@H]1CC[C@@H](C)C1. The molecule has 2 atom stereocenters. The Morgan fingerprint density at radius 3 is 2.64 bits per heavy atom. The number of hydrogen-bond donors (Lipinski definition) is 0. The predicted octanol–water partition coefficient (Wildman–Crippen LogP) is 4.04.